The van der Waals surface area contributed by atoms with Gasteiger partial charge >= 0.3 is 6.03 Å². The van der Waals surface area contributed by atoms with E-state index in [1.807, 2.05) is 13.8 Å². The summed E-state index contributed by atoms with van der Waals surface area (Å²) in [6.07, 6.45) is 4.14. The van der Waals surface area contributed by atoms with Gasteiger partial charge in [-0.1, -0.05) is 6.92 Å². The molecule has 2 amide bonds. The van der Waals surface area contributed by atoms with E-state index in [1.165, 1.54) is 0 Å². The van der Waals surface area contributed by atoms with Gasteiger partial charge in [0.25, 0.3) is 0 Å². The van der Waals surface area contributed by atoms with Gasteiger partial charge in [-0.3, -0.25) is 10.00 Å². The average molecular weight is 319 g/mol. The Morgan fingerprint density at radius 3 is 2.65 bits per heavy atom. The zero-order chi connectivity index (χ0) is 17.0. The fraction of sp³-hybridized carbons (Fsp3) is 0.688. The Morgan fingerprint density at radius 2 is 2.17 bits per heavy atom. The lowest BCUT2D eigenvalue weighted by Gasteiger charge is -2.40. The number of urea groups is 1. The zero-order valence-electron chi connectivity index (χ0n) is 14.0. The lowest BCUT2D eigenvalue weighted by atomic mass is 9.77. The second-order valence-electron chi connectivity index (χ2n) is 6.51. The molecule has 7 heteroatoms. The smallest absolute Gasteiger partial charge is 0.323 e. The molecule has 2 N–H and O–H groups in total. The highest BCUT2D eigenvalue weighted by atomic mass is 16.3. The number of carbonyl (C=O) groups is 1. The van der Waals surface area contributed by atoms with Crippen LogP contribution in [0.25, 0.3) is 0 Å². The molecule has 0 unspecified atom stereocenters. The highest BCUT2D eigenvalue weighted by Crippen LogP contribution is 2.34. The van der Waals surface area contributed by atoms with E-state index in [0.29, 0.717) is 24.5 Å². The number of hydrogen-bond donors (Lipinski definition) is 2. The third-order valence-electron chi connectivity index (χ3n) is 4.80. The van der Waals surface area contributed by atoms with Crippen LogP contribution in [0.5, 0.6) is 0 Å². The predicted octanol–water partition coefficient (Wildman–Crippen LogP) is 2.35. The highest BCUT2D eigenvalue weighted by Gasteiger charge is 2.34. The minimum atomic E-state index is -0.238. The van der Waals surface area contributed by atoms with E-state index < -0.39 is 0 Å². The monoisotopic (exact) mass is 319 g/mol. The van der Waals surface area contributed by atoms with Gasteiger partial charge in [0.1, 0.15) is 11.6 Å². The summed E-state index contributed by atoms with van der Waals surface area (Å²) >= 11 is 0. The Kier molecular flexibility index (Phi) is 5.26. The average Bonchev–Trinajstić information content (AvgIpc) is 2.98. The van der Waals surface area contributed by atoms with Gasteiger partial charge in [-0.2, -0.15) is 10.4 Å². The minimum Gasteiger partial charge on any atom is -0.396 e. The molecular weight excluding hydrogens is 294 g/mol. The summed E-state index contributed by atoms with van der Waals surface area (Å²) in [6, 6.07) is 1.95. The lowest BCUT2D eigenvalue weighted by Crippen LogP contribution is -2.46. The molecule has 1 aliphatic rings. The van der Waals surface area contributed by atoms with Crippen molar-refractivity contribution in [2.45, 2.75) is 46.1 Å². The van der Waals surface area contributed by atoms with Crippen LogP contribution in [0.1, 0.15) is 51.6 Å². The summed E-state index contributed by atoms with van der Waals surface area (Å²) in [7, 11) is 0. The van der Waals surface area contributed by atoms with Crippen molar-refractivity contribution in [2.24, 2.45) is 5.41 Å². The fourth-order valence-corrected chi connectivity index (χ4v) is 2.82. The molecule has 0 bridgehead atoms. The van der Waals surface area contributed by atoms with Gasteiger partial charge in [0.2, 0.25) is 0 Å². The number of aromatic nitrogens is 2. The molecule has 1 aromatic heterocycles. The number of anilines is 1. The molecule has 0 radical (unpaired) electrons. The van der Waals surface area contributed by atoms with Gasteiger partial charge in [-0.15, -0.1) is 0 Å². The van der Waals surface area contributed by atoms with E-state index in [4.69, 9.17) is 0 Å². The van der Waals surface area contributed by atoms with Gasteiger partial charge in [-0.05, 0) is 38.5 Å². The Hall–Kier alpha value is -2.07. The molecule has 0 aromatic carbocycles. The van der Waals surface area contributed by atoms with Crippen LogP contribution in [-0.4, -0.2) is 45.5 Å². The first-order valence-corrected chi connectivity index (χ1v) is 8.10. The summed E-state index contributed by atoms with van der Waals surface area (Å²) in [5.41, 5.74) is 0.302. The van der Waals surface area contributed by atoms with E-state index in [-0.39, 0.29) is 24.1 Å². The summed E-state index contributed by atoms with van der Waals surface area (Å²) in [5, 5.41) is 25.7. The maximum absolute atomic E-state index is 12.4. The van der Waals surface area contributed by atoms with Gasteiger partial charge < -0.3 is 10.0 Å². The number of nitrogens with zero attached hydrogens (tertiary/aromatic N) is 4. The van der Waals surface area contributed by atoms with E-state index in [1.54, 1.807) is 15.8 Å². The fourth-order valence-electron chi connectivity index (χ4n) is 2.82. The largest absolute Gasteiger partial charge is 0.396 e. The van der Waals surface area contributed by atoms with E-state index in [9.17, 15) is 15.2 Å². The molecule has 0 atom stereocenters. The standard InChI is InChI=1S/C16H25N5O2/c1-4-16(11-22)5-7-20(8-6-16)15(23)18-14-13(9-17)10-21(19-14)12(2)3/h10,12,22H,4-8,11H2,1-3H3,(H,18,19,23). The first-order valence-electron chi connectivity index (χ1n) is 8.10. The summed E-state index contributed by atoms with van der Waals surface area (Å²) in [4.78, 5) is 14.1. The Balaban J connectivity index is 2.02. The topological polar surface area (TPSA) is 94.2 Å². The minimum absolute atomic E-state index is 0.0617. The molecule has 2 heterocycles. The van der Waals surface area contributed by atoms with Crippen LogP contribution >= 0.6 is 0 Å². The quantitative estimate of drug-likeness (QED) is 0.890. The molecule has 0 aliphatic carbocycles. The van der Waals surface area contributed by atoms with Crippen molar-refractivity contribution in [3.8, 4) is 6.07 Å². The Morgan fingerprint density at radius 1 is 1.52 bits per heavy atom. The number of carbonyl (C=O) groups excluding carboxylic acids is 1. The van der Waals surface area contributed by atoms with E-state index in [0.717, 1.165) is 19.3 Å². The third-order valence-corrected chi connectivity index (χ3v) is 4.80. The number of nitriles is 1. The third kappa shape index (κ3) is 3.64. The number of aliphatic hydroxyl groups excluding tert-OH is 1. The molecule has 2 rings (SSSR count). The lowest BCUT2D eigenvalue weighted by molar-refractivity contribution is 0.0542. The van der Waals surface area contributed by atoms with Crippen LogP contribution in [0, 0.1) is 16.7 Å². The molecule has 1 saturated heterocycles. The number of piperidine rings is 1. The molecular formula is C16H25N5O2. The van der Waals surface area contributed by atoms with Crippen molar-refractivity contribution in [3.63, 3.8) is 0 Å². The van der Waals surface area contributed by atoms with Crippen molar-refractivity contribution >= 4 is 11.8 Å². The van der Waals surface area contributed by atoms with Crippen molar-refractivity contribution in [2.75, 3.05) is 25.0 Å². The first kappa shape index (κ1) is 17.3. The molecule has 1 fully saturated rings. The SMILES string of the molecule is CCC1(CO)CCN(C(=O)Nc2nn(C(C)C)cc2C#N)CC1. The molecule has 23 heavy (non-hydrogen) atoms. The summed E-state index contributed by atoms with van der Waals surface area (Å²) in [6.45, 7) is 7.37. The van der Waals surface area contributed by atoms with Crippen LogP contribution in [0.2, 0.25) is 0 Å². The number of likely N-dealkylation sites (tertiary alicyclic amines) is 1. The maximum atomic E-state index is 12.4. The maximum Gasteiger partial charge on any atom is 0.323 e. The normalized spacial score (nSPS) is 17.1. The zero-order valence-corrected chi connectivity index (χ0v) is 14.0. The first-order chi connectivity index (χ1) is 10.9. The Bertz CT molecular complexity index is 588. The molecule has 1 aliphatic heterocycles. The highest BCUT2D eigenvalue weighted by molar-refractivity contribution is 5.89. The van der Waals surface area contributed by atoms with Gasteiger partial charge in [0.05, 0.1) is 0 Å². The molecule has 7 nitrogen and oxygen atoms in total. The summed E-state index contributed by atoms with van der Waals surface area (Å²) in [5.74, 6) is 0.306. The second-order valence-corrected chi connectivity index (χ2v) is 6.51. The van der Waals surface area contributed by atoms with E-state index in [2.05, 4.69) is 23.4 Å². The van der Waals surface area contributed by atoms with Gasteiger partial charge in [-0.25, -0.2) is 4.79 Å². The molecule has 0 saturated carbocycles. The summed E-state index contributed by atoms with van der Waals surface area (Å²) < 4.78 is 1.66. The Labute approximate surface area is 136 Å². The molecule has 0 spiro atoms. The van der Waals surface area contributed by atoms with Gasteiger partial charge in [0, 0.05) is 31.9 Å². The van der Waals surface area contributed by atoms with Crippen LogP contribution in [0.15, 0.2) is 6.20 Å². The number of rotatable bonds is 4. The van der Waals surface area contributed by atoms with Crippen LogP contribution < -0.4 is 5.32 Å². The van der Waals surface area contributed by atoms with Gasteiger partial charge in [0.15, 0.2) is 5.82 Å². The van der Waals surface area contributed by atoms with Crippen LogP contribution in [0.3, 0.4) is 0 Å². The number of aliphatic hydroxyl groups is 1. The van der Waals surface area contributed by atoms with Crippen molar-refractivity contribution in [1.29, 1.82) is 5.26 Å². The van der Waals surface area contributed by atoms with E-state index >= 15 is 0 Å². The van der Waals surface area contributed by atoms with Crippen molar-refractivity contribution in [1.82, 2.24) is 14.7 Å². The molecule has 126 valence electrons. The van der Waals surface area contributed by atoms with Crippen LogP contribution in [-0.2, 0) is 0 Å². The second kappa shape index (κ2) is 7.01. The van der Waals surface area contributed by atoms with Crippen LogP contribution in [0.4, 0.5) is 10.6 Å². The van der Waals surface area contributed by atoms with Crippen molar-refractivity contribution in [3.05, 3.63) is 11.8 Å². The predicted molar refractivity (Wildman–Crippen MR) is 87.0 cm³/mol. The molecule has 1 aromatic rings. The number of hydrogen-bond acceptors (Lipinski definition) is 4. The van der Waals surface area contributed by atoms with Crippen molar-refractivity contribution < 1.29 is 9.90 Å². The number of nitrogens with one attached hydrogen (secondary N) is 1. The number of amides is 2.